The fourth-order valence-corrected chi connectivity index (χ4v) is 0. The molecule has 0 atom stereocenters. The van der Waals surface area contributed by atoms with Crippen LogP contribution in [0.25, 0.3) is 0 Å². The van der Waals surface area contributed by atoms with Crippen molar-refractivity contribution < 1.29 is 0 Å². The largest absolute Gasteiger partial charge is 0.0650 e. The van der Waals surface area contributed by atoms with E-state index in [0.29, 0.717) is 0 Å². The van der Waals surface area contributed by atoms with Gasteiger partial charge in [-0.25, -0.2) is 0 Å². The van der Waals surface area contributed by atoms with Crippen molar-refractivity contribution in [3.05, 3.63) is 0 Å². The van der Waals surface area contributed by atoms with E-state index in [1.807, 2.05) is 0 Å². The van der Waals surface area contributed by atoms with Crippen LogP contribution in [-0.4, -0.2) is 6.16 Å². The summed E-state index contributed by atoms with van der Waals surface area (Å²) in [6.07, 6.45) is 2.20. The maximum absolute atomic E-state index is 3.92. The van der Waals surface area contributed by atoms with E-state index in [4.69, 9.17) is 0 Å². The Labute approximate surface area is 29.8 Å². The second kappa shape index (κ2) is 3.43. The van der Waals surface area contributed by atoms with Crippen LogP contribution >= 0.6 is 9.24 Å². The molecule has 0 nitrogen and oxygen atoms in total. The standard InChI is InChI=1S/C3H7P/c1-2-3-4/h2-3H2,1H3. The molecule has 0 bridgehead atoms. The van der Waals surface area contributed by atoms with Gasteiger partial charge >= 0.3 is 0 Å². The number of hydrogen-bond acceptors (Lipinski definition) is 0. The third-order valence-corrected chi connectivity index (χ3v) is 0.671. The first-order valence-electron chi connectivity index (χ1n) is 1.52. The van der Waals surface area contributed by atoms with Crippen molar-refractivity contribution in [3.63, 3.8) is 0 Å². The minimum absolute atomic E-state index is 1.01. The van der Waals surface area contributed by atoms with Gasteiger partial charge in [0.1, 0.15) is 0 Å². The molecule has 1 heteroatoms. The SMILES string of the molecule is CCC[P]. The summed E-state index contributed by atoms with van der Waals surface area (Å²) in [5.41, 5.74) is 0. The van der Waals surface area contributed by atoms with E-state index < -0.39 is 0 Å². The molecule has 0 aromatic rings. The second-order valence-electron chi connectivity index (χ2n) is 0.724. The van der Waals surface area contributed by atoms with Gasteiger partial charge in [0.05, 0.1) is 0 Å². The third kappa shape index (κ3) is 2.43. The van der Waals surface area contributed by atoms with Crippen LogP contribution in [0, 0.1) is 0 Å². The van der Waals surface area contributed by atoms with Gasteiger partial charge in [-0.15, -0.1) is 0 Å². The summed E-state index contributed by atoms with van der Waals surface area (Å²) in [4.78, 5) is 0. The van der Waals surface area contributed by atoms with Crippen LogP contribution < -0.4 is 0 Å². The fraction of sp³-hybridized carbons (Fsp3) is 1.00. The third-order valence-electron chi connectivity index (χ3n) is 0.224. The average molecular weight is 74.1 g/mol. The van der Waals surface area contributed by atoms with Crippen molar-refractivity contribution >= 4 is 9.24 Å². The van der Waals surface area contributed by atoms with Crippen LogP contribution in [0.5, 0.6) is 0 Å². The van der Waals surface area contributed by atoms with E-state index in [0.717, 1.165) is 6.16 Å². The molecule has 0 N–H and O–H groups in total. The molecule has 2 radical (unpaired) electrons. The van der Waals surface area contributed by atoms with E-state index in [9.17, 15) is 0 Å². The van der Waals surface area contributed by atoms with Crippen LogP contribution in [0.1, 0.15) is 13.3 Å². The van der Waals surface area contributed by atoms with E-state index in [2.05, 4.69) is 16.2 Å². The summed E-state index contributed by atoms with van der Waals surface area (Å²) in [7, 11) is 3.92. The van der Waals surface area contributed by atoms with Crippen LogP contribution in [-0.2, 0) is 0 Å². The molecule has 0 fully saturated rings. The zero-order valence-electron chi connectivity index (χ0n) is 2.86. The van der Waals surface area contributed by atoms with Crippen molar-refractivity contribution in [2.24, 2.45) is 0 Å². The summed E-state index contributed by atoms with van der Waals surface area (Å²) >= 11 is 0. The molecule has 0 heterocycles. The van der Waals surface area contributed by atoms with Crippen molar-refractivity contribution in [1.82, 2.24) is 0 Å². The smallest absolute Gasteiger partial charge is 0.0244 e. The summed E-state index contributed by atoms with van der Waals surface area (Å²) in [6, 6.07) is 0. The van der Waals surface area contributed by atoms with Gasteiger partial charge < -0.3 is 0 Å². The predicted octanol–water partition coefficient (Wildman–Crippen LogP) is 1.81. The Morgan fingerprint density at radius 3 is 2.00 bits per heavy atom. The van der Waals surface area contributed by atoms with Gasteiger partial charge in [0.2, 0.25) is 0 Å². The summed E-state index contributed by atoms with van der Waals surface area (Å²) in [5, 5.41) is 0. The Balaban J connectivity index is 1.97. The van der Waals surface area contributed by atoms with Crippen LogP contribution in [0.4, 0.5) is 0 Å². The predicted molar refractivity (Wildman–Crippen MR) is 22.1 cm³/mol. The van der Waals surface area contributed by atoms with Crippen molar-refractivity contribution in [3.8, 4) is 0 Å². The average Bonchev–Trinajstić information content (AvgIpc) is 1.37. The highest BCUT2D eigenvalue weighted by atomic mass is 31.0. The molecule has 0 aromatic heterocycles. The minimum atomic E-state index is 1.01. The molecular weight excluding hydrogens is 67.0 g/mol. The zero-order valence-corrected chi connectivity index (χ0v) is 3.76. The molecule has 0 aliphatic carbocycles. The Hall–Kier alpha value is 0.430. The summed E-state index contributed by atoms with van der Waals surface area (Å²) < 4.78 is 0. The highest BCUT2D eigenvalue weighted by Crippen LogP contribution is 1.80. The Morgan fingerprint density at radius 2 is 2.00 bits per heavy atom. The normalized spacial score (nSPS) is 7.50. The van der Waals surface area contributed by atoms with E-state index in [1.54, 1.807) is 0 Å². The number of hydrogen-bond donors (Lipinski definition) is 0. The lowest BCUT2D eigenvalue weighted by molar-refractivity contribution is 1.11. The molecule has 0 spiro atoms. The highest BCUT2D eigenvalue weighted by molar-refractivity contribution is 7.16. The van der Waals surface area contributed by atoms with Gasteiger partial charge in [-0.2, -0.15) is 0 Å². The van der Waals surface area contributed by atoms with E-state index >= 15 is 0 Å². The van der Waals surface area contributed by atoms with Crippen molar-refractivity contribution in [2.45, 2.75) is 13.3 Å². The molecular formula is C3H7P. The monoisotopic (exact) mass is 74.0 g/mol. The van der Waals surface area contributed by atoms with Gasteiger partial charge in [0.25, 0.3) is 0 Å². The molecule has 4 heavy (non-hydrogen) atoms. The fourth-order valence-electron chi connectivity index (χ4n) is 0. The van der Waals surface area contributed by atoms with Crippen LogP contribution in [0.15, 0.2) is 0 Å². The maximum Gasteiger partial charge on any atom is -0.0244 e. The molecule has 0 aliphatic heterocycles. The van der Waals surface area contributed by atoms with Gasteiger partial charge in [-0.1, -0.05) is 13.3 Å². The van der Waals surface area contributed by atoms with Gasteiger partial charge in [0, 0.05) is 0 Å². The first-order chi connectivity index (χ1) is 1.91. The van der Waals surface area contributed by atoms with Crippen molar-refractivity contribution in [1.29, 1.82) is 0 Å². The quantitative estimate of drug-likeness (QED) is 0.416. The van der Waals surface area contributed by atoms with Crippen LogP contribution in [0.2, 0.25) is 0 Å². The molecule has 0 saturated carbocycles. The lowest BCUT2D eigenvalue weighted by Crippen LogP contribution is -1.54. The van der Waals surface area contributed by atoms with Crippen LogP contribution in [0.3, 0.4) is 0 Å². The molecule has 24 valence electrons. The maximum atomic E-state index is 3.92. The second-order valence-corrected chi connectivity index (χ2v) is 1.17. The Morgan fingerprint density at radius 1 is 1.75 bits per heavy atom. The Kier molecular flexibility index (Phi) is 3.80. The molecule has 0 rings (SSSR count). The van der Waals surface area contributed by atoms with E-state index in [1.165, 1.54) is 6.42 Å². The van der Waals surface area contributed by atoms with Crippen molar-refractivity contribution in [2.75, 3.05) is 6.16 Å². The van der Waals surface area contributed by atoms with Gasteiger partial charge in [-0.3, -0.25) is 0 Å². The zero-order chi connectivity index (χ0) is 3.41. The molecule has 0 aliphatic rings. The molecule has 0 unspecified atom stereocenters. The van der Waals surface area contributed by atoms with E-state index in [-0.39, 0.29) is 0 Å². The lowest BCUT2D eigenvalue weighted by Gasteiger charge is -1.66. The molecule has 0 amide bonds. The Bertz CT molecular complexity index is 5.25. The topological polar surface area (TPSA) is 0 Å². The highest BCUT2D eigenvalue weighted by Gasteiger charge is 1.58. The minimum Gasteiger partial charge on any atom is -0.0650 e. The molecule has 0 aromatic carbocycles. The first kappa shape index (κ1) is 4.43. The van der Waals surface area contributed by atoms with Gasteiger partial charge in [0.15, 0.2) is 0 Å². The molecule has 0 saturated heterocycles. The summed E-state index contributed by atoms with van der Waals surface area (Å²) in [5.74, 6) is 0. The van der Waals surface area contributed by atoms with Gasteiger partial charge in [-0.05, 0) is 15.4 Å². The summed E-state index contributed by atoms with van der Waals surface area (Å²) in [6.45, 7) is 2.10. The number of rotatable bonds is 1. The lowest BCUT2D eigenvalue weighted by atomic mass is 10.6. The first-order valence-corrected chi connectivity index (χ1v) is 2.16.